The molecule has 0 saturated carbocycles. The third-order valence-corrected chi connectivity index (χ3v) is 7.64. The van der Waals surface area contributed by atoms with E-state index in [1.165, 1.54) is 19.3 Å². The van der Waals surface area contributed by atoms with Crippen LogP contribution in [-0.2, 0) is 9.63 Å². The van der Waals surface area contributed by atoms with Crippen LogP contribution in [0.25, 0.3) is 5.70 Å². The highest BCUT2D eigenvalue weighted by atomic mass is 16.9. The molecule has 1 aromatic rings. The first-order valence-electron chi connectivity index (χ1n) is 18.8. The number of unbranched alkanes of at least 4 members (excludes halogenated alkanes) is 1. The molecule has 9 heteroatoms. The number of likely N-dealkylation sites (tertiary alicyclic amines) is 1. The molecule has 0 radical (unpaired) electrons. The number of nitrogens with zero attached hydrogens (tertiary/aromatic N) is 2. The van der Waals surface area contributed by atoms with Gasteiger partial charge in [0.05, 0.1) is 18.9 Å². The summed E-state index contributed by atoms with van der Waals surface area (Å²) < 4.78 is 5.80. The summed E-state index contributed by atoms with van der Waals surface area (Å²) in [7, 11) is 2.07. The second kappa shape index (κ2) is 32.7. The van der Waals surface area contributed by atoms with E-state index in [0.717, 1.165) is 84.8 Å². The van der Waals surface area contributed by atoms with E-state index in [9.17, 15) is 14.9 Å². The summed E-state index contributed by atoms with van der Waals surface area (Å²) in [6, 6.07) is 6.01. The van der Waals surface area contributed by atoms with Gasteiger partial charge in [0.2, 0.25) is 0 Å². The van der Waals surface area contributed by atoms with Gasteiger partial charge in [-0.05, 0) is 103 Å². The maximum absolute atomic E-state index is 12.9. The minimum Gasteiger partial charge on any atom is -0.493 e. The Hall–Kier alpha value is -3.46. The number of hydrogen-bond donors (Lipinski definition) is 2. The van der Waals surface area contributed by atoms with Crippen LogP contribution in [0.4, 0.5) is 0 Å². The van der Waals surface area contributed by atoms with Crippen molar-refractivity contribution in [2.24, 2.45) is 5.92 Å². The lowest BCUT2D eigenvalue weighted by molar-refractivity contribution is -0.757. The van der Waals surface area contributed by atoms with Gasteiger partial charge in [-0.15, -0.1) is 16.7 Å². The molecule has 1 fully saturated rings. The van der Waals surface area contributed by atoms with Crippen molar-refractivity contribution in [2.45, 2.75) is 141 Å². The smallest absolute Gasteiger partial charge is 0.294 e. The quantitative estimate of drug-likeness (QED) is 0.0442. The highest BCUT2D eigenvalue weighted by molar-refractivity contribution is 6.08. The number of ether oxygens (including phenoxy) is 1. The Morgan fingerprint density at radius 1 is 1.04 bits per heavy atom. The van der Waals surface area contributed by atoms with Crippen molar-refractivity contribution in [3.63, 3.8) is 0 Å². The van der Waals surface area contributed by atoms with Crippen LogP contribution in [0.3, 0.4) is 0 Å². The molecule has 9 nitrogen and oxygen atoms in total. The van der Waals surface area contributed by atoms with Gasteiger partial charge >= 0.3 is 0 Å². The Balaban J connectivity index is -0.000000781. The molecule has 2 N–H and O–H groups in total. The van der Waals surface area contributed by atoms with Gasteiger partial charge in [0, 0.05) is 29.9 Å². The summed E-state index contributed by atoms with van der Waals surface area (Å²) in [6.45, 7) is 31.0. The zero-order valence-electron chi connectivity index (χ0n) is 34.2. The van der Waals surface area contributed by atoms with Gasteiger partial charge in [-0.3, -0.25) is 4.79 Å². The molecule has 1 saturated heterocycles. The van der Waals surface area contributed by atoms with E-state index in [2.05, 4.69) is 70.2 Å². The third kappa shape index (κ3) is 24.6. The molecule has 1 amide bonds. The second-order valence-electron chi connectivity index (χ2n) is 12.6. The number of amides is 1. The van der Waals surface area contributed by atoms with E-state index in [1.54, 1.807) is 6.92 Å². The summed E-state index contributed by atoms with van der Waals surface area (Å²) in [5.74, 6) is 1.33. The molecule has 2 rings (SSSR count). The topological polar surface area (TPSA) is 118 Å². The predicted octanol–water partition coefficient (Wildman–Crippen LogP) is 11.1. The van der Waals surface area contributed by atoms with Gasteiger partial charge in [-0.2, -0.15) is 0 Å². The molecule has 0 atom stereocenters. The largest absolute Gasteiger partial charge is 0.493 e. The molecule has 288 valence electrons. The van der Waals surface area contributed by atoms with E-state index in [-0.39, 0.29) is 12.5 Å². The van der Waals surface area contributed by atoms with Crippen LogP contribution in [0, 0.1) is 28.4 Å². The van der Waals surface area contributed by atoms with Gasteiger partial charge in [0.1, 0.15) is 5.75 Å². The van der Waals surface area contributed by atoms with E-state index < -0.39 is 5.09 Å². The molecular weight excluding hydrogens is 628 g/mol. The van der Waals surface area contributed by atoms with Gasteiger partial charge in [0.25, 0.3) is 11.0 Å². The van der Waals surface area contributed by atoms with E-state index >= 15 is 0 Å². The number of hydrogen-bond acceptors (Lipinski definition) is 7. The Kier molecular flexibility index (Phi) is 33.3. The molecule has 0 spiro atoms. The summed E-state index contributed by atoms with van der Waals surface area (Å²) in [6.07, 6.45) is 11.1. The fourth-order valence-electron chi connectivity index (χ4n) is 4.26. The number of nitrogens with one attached hydrogen (secondary N) is 2. The van der Waals surface area contributed by atoms with Crippen molar-refractivity contribution in [3.8, 4) is 5.75 Å². The Morgan fingerprint density at radius 3 is 2.02 bits per heavy atom. The lowest BCUT2D eigenvalue weighted by Crippen LogP contribution is -2.43. The average molecular weight is 703 g/mol. The van der Waals surface area contributed by atoms with Crippen LogP contribution < -0.4 is 10.1 Å². The third-order valence-electron chi connectivity index (χ3n) is 7.64. The summed E-state index contributed by atoms with van der Waals surface area (Å²) in [4.78, 5) is 29.1. The van der Waals surface area contributed by atoms with Crippen molar-refractivity contribution >= 4 is 17.3 Å². The fraction of sp³-hybridized carbons (Fsp3) is 0.659. The van der Waals surface area contributed by atoms with Gasteiger partial charge < -0.3 is 25.2 Å². The van der Waals surface area contributed by atoms with Crippen LogP contribution in [0.2, 0.25) is 0 Å². The average Bonchev–Trinajstić information content (AvgIpc) is 3.08. The predicted molar refractivity (Wildman–Crippen MR) is 215 cm³/mol. The lowest BCUT2D eigenvalue weighted by Gasteiger charge is -2.36. The minimum atomic E-state index is -0.729. The normalized spacial score (nSPS) is 12.9. The van der Waals surface area contributed by atoms with E-state index in [1.807, 2.05) is 58.9 Å². The summed E-state index contributed by atoms with van der Waals surface area (Å²) in [5.41, 5.74) is 5.75. The fourth-order valence-corrected chi connectivity index (χ4v) is 4.26. The zero-order valence-corrected chi connectivity index (χ0v) is 34.2. The lowest BCUT2D eigenvalue weighted by atomic mass is 9.96. The number of carbonyl (C=O) groups excluding carboxylic acids is 1. The first kappa shape index (κ1) is 50.9. The van der Waals surface area contributed by atoms with Gasteiger partial charge in [0.15, 0.2) is 0 Å². The number of aryl methyl sites for hydroxylation is 1. The highest BCUT2D eigenvalue weighted by Gasteiger charge is 2.22. The Morgan fingerprint density at radius 2 is 1.60 bits per heavy atom. The molecule has 0 aromatic heterocycles. The molecule has 0 aliphatic carbocycles. The van der Waals surface area contributed by atoms with Gasteiger partial charge in [-0.25, -0.2) is 0 Å². The molecule has 0 unspecified atom stereocenters. The van der Waals surface area contributed by atoms with E-state index in [0.29, 0.717) is 24.3 Å². The monoisotopic (exact) mass is 703 g/mol. The maximum atomic E-state index is 12.9. The SMILES string of the molecule is C=CCC.CCC.CCCC.CCCC(=N)/C(C)=C(\C)C(=O)NC(=C(C)CC)c1cc(C)ccc1OCC.CN1CC(CCCO[N+](=O)[O-])C1. The van der Waals surface area contributed by atoms with Crippen molar-refractivity contribution in [2.75, 3.05) is 33.4 Å². The van der Waals surface area contributed by atoms with Crippen LogP contribution in [0.5, 0.6) is 5.75 Å². The molecule has 1 aliphatic rings. The first-order valence-corrected chi connectivity index (χ1v) is 18.8. The molecule has 1 heterocycles. The van der Waals surface area contributed by atoms with Crippen molar-refractivity contribution < 1.29 is 19.5 Å². The molecule has 1 aliphatic heterocycles. The first-order chi connectivity index (χ1) is 23.7. The van der Waals surface area contributed by atoms with Gasteiger partial charge in [-0.1, -0.05) is 91.9 Å². The van der Waals surface area contributed by atoms with Crippen LogP contribution in [-0.4, -0.2) is 55.0 Å². The Labute approximate surface area is 306 Å². The maximum Gasteiger partial charge on any atom is 0.294 e. The van der Waals surface area contributed by atoms with Crippen molar-refractivity contribution in [3.05, 3.63) is 68.8 Å². The molecular formula is C41H74N4O5. The van der Waals surface area contributed by atoms with Crippen LogP contribution >= 0.6 is 0 Å². The standard InChI is InChI=1S/C23H34N2O2.C7H14N2O3.C4H10.C4H8.C3H8/c1-8-11-20(24)17(6)18(7)23(26)25-22(16(5)9-2)19-14-15(4)12-13-21(19)27-10-3;1-8-5-7(6-8)3-2-4-12-9(10)11;2*1-3-4-2;1-3-2/h12-14,24H,8-11H2,1-7H3,(H,25,26);7H,2-6H2,1H3;3-4H2,1-2H3;3H,1,4H2,2H3;3H2,1-2H3/b18-17+,22-16?,24-20?;;;;. The molecule has 1 aromatic carbocycles. The molecule has 0 bridgehead atoms. The number of carbonyl (C=O) groups is 1. The minimum absolute atomic E-state index is 0.167. The van der Waals surface area contributed by atoms with Crippen LogP contribution in [0.15, 0.2) is 47.6 Å². The number of allylic oxidation sites excluding steroid dienone is 3. The highest BCUT2D eigenvalue weighted by Crippen LogP contribution is 2.29. The number of benzene rings is 1. The van der Waals surface area contributed by atoms with Crippen molar-refractivity contribution in [1.29, 1.82) is 5.41 Å². The summed E-state index contributed by atoms with van der Waals surface area (Å²) in [5, 5.41) is 20.3. The van der Waals surface area contributed by atoms with Crippen molar-refractivity contribution in [1.82, 2.24) is 10.2 Å². The Bertz CT molecular complexity index is 1150. The number of rotatable bonds is 16. The summed E-state index contributed by atoms with van der Waals surface area (Å²) >= 11 is 0. The van der Waals surface area contributed by atoms with E-state index in [4.69, 9.17) is 10.1 Å². The zero-order chi connectivity index (χ0) is 39.1. The molecule has 50 heavy (non-hydrogen) atoms. The van der Waals surface area contributed by atoms with Crippen LogP contribution in [0.1, 0.15) is 145 Å². The second-order valence-corrected chi connectivity index (χ2v) is 12.6.